The third kappa shape index (κ3) is 3.51. The molecular formula is C21H22N2O3S2. The lowest BCUT2D eigenvalue weighted by Crippen LogP contribution is -2.22. The van der Waals surface area contributed by atoms with Gasteiger partial charge in [0, 0.05) is 9.75 Å². The number of rotatable bonds is 5. The molecule has 0 saturated carbocycles. The van der Waals surface area contributed by atoms with E-state index < -0.39 is 5.97 Å². The van der Waals surface area contributed by atoms with Gasteiger partial charge in [-0.3, -0.25) is 4.84 Å². The van der Waals surface area contributed by atoms with Gasteiger partial charge < -0.3 is 5.11 Å². The summed E-state index contributed by atoms with van der Waals surface area (Å²) >= 11 is 3.17. The van der Waals surface area contributed by atoms with Gasteiger partial charge in [-0.2, -0.15) is 0 Å². The van der Waals surface area contributed by atoms with Crippen molar-refractivity contribution in [1.29, 1.82) is 0 Å². The van der Waals surface area contributed by atoms with Crippen LogP contribution in [0.2, 0.25) is 0 Å². The molecule has 2 aromatic heterocycles. The van der Waals surface area contributed by atoms with Crippen molar-refractivity contribution < 1.29 is 14.7 Å². The van der Waals surface area contributed by atoms with Crippen LogP contribution in [0.5, 0.6) is 0 Å². The first-order chi connectivity index (χ1) is 13.4. The Balaban J connectivity index is 1.73. The van der Waals surface area contributed by atoms with Gasteiger partial charge in [-0.25, -0.2) is 15.7 Å². The average Bonchev–Trinajstić information content (AvgIpc) is 3.25. The Hall–Kier alpha value is -2.06. The quantitative estimate of drug-likeness (QED) is 0.565. The fourth-order valence-electron chi connectivity index (χ4n) is 3.81. The first-order valence-corrected chi connectivity index (χ1v) is 10.8. The maximum atomic E-state index is 12.1. The third-order valence-corrected chi connectivity index (χ3v) is 7.52. The fourth-order valence-corrected chi connectivity index (χ4v) is 5.93. The third-order valence-electron chi connectivity index (χ3n) is 5.26. The monoisotopic (exact) mass is 414 g/mol. The van der Waals surface area contributed by atoms with Gasteiger partial charge >= 0.3 is 5.97 Å². The summed E-state index contributed by atoms with van der Waals surface area (Å²) in [4.78, 5) is 24.2. The highest BCUT2D eigenvalue weighted by Gasteiger charge is 2.32. The van der Waals surface area contributed by atoms with E-state index in [-0.39, 0.29) is 12.0 Å². The van der Waals surface area contributed by atoms with Gasteiger partial charge in [0.05, 0.1) is 21.6 Å². The van der Waals surface area contributed by atoms with Crippen LogP contribution in [-0.2, 0) is 24.3 Å². The van der Waals surface area contributed by atoms with Crippen LogP contribution in [-0.4, -0.2) is 16.1 Å². The number of thiazole rings is 1. The topological polar surface area (TPSA) is 85.4 Å². The van der Waals surface area contributed by atoms with Crippen LogP contribution in [0.25, 0.3) is 20.9 Å². The van der Waals surface area contributed by atoms with Crippen LogP contribution in [0.15, 0.2) is 29.8 Å². The lowest BCUT2D eigenvalue weighted by Gasteiger charge is -2.29. The molecule has 0 radical (unpaired) electrons. The number of carbonyl (C=O) groups is 1. The minimum absolute atomic E-state index is 0.146. The van der Waals surface area contributed by atoms with Crippen molar-refractivity contribution in [3.63, 3.8) is 0 Å². The van der Waals surface area contributed by atoms with E-state index in [0.717, 1.165) is 51.4 Å². The highest BCUT2D eigenvalue weighted by molar-refractivity contribution is 7.16. The van der Waals surface area contributed by atoms with Gasteiger partial charge in [-0.15, -0.1) is 22.7 Å². The number of nitrogens with zero attached hydrogens (tertiary/aromatic N) is 1. The molecule has 28 heavy (non-hydrogen) atoms. The molecule has 4 rings (SSSR count). The van der Waals surface area contributed by atoms with Crippen molar-refractivity contribution in [2.45, 2.75) is 39.7 Å². The number of benzene rings is 1. The first kappa shape index (κ1) is 19.3. The van der Waals surface area contributed by atoms with Crippen molar-refractivity contribution in [3.8, 4) is 20.9 Å². The zero-order valence-electron chi connectivity index (χ0n) is 15.8. The van der Waals surface area contributed by atoms with E-state index in [1.165, 1.54) is 16.2 Å². The average molecular weight is 415 g/mol. The van der Waals surface area contributed by atoms with E-state index >= 15 is 0 Å². The summed E-state index contributed by atoms with van der Waals surface area (Å²) in [5, 5.41) is 9.92. The molecule has 7 heteroatoms. The summed E-state index contributed by atoms with van der Waals surface area (Å²) in [6.45, 7) is 4.69. The van der Waals surface area contributed by atoms with Gasteiger partial charge in [0.2, 0.25) is 0 Å². The van der Waals surface area contributed by atoms with Crippen molar-refractivity contribution in [1.82, 2.24) is 4.98 Å². The number of aryl methyl sites for hydroxylation is 1. The molecule has 0 amide bonds. The molecule has 2 heterocycles. The number of aromatic nitrogens is 1. The number of fused-ring (bicyclic) bond motifs is 1. The molecule has 0 aliphatic heterocycles. The van der Waals surface area contributed by atoms with Crippen molar-refractivity contribution >= 4 is 28.6 Å². The Labute approximate surface area is 171 Å². The number of aromatic carboxylic acids is 1. The highest BCUT2D eigenvalue weighted by atomic mass is 32.1. The fraction of sp³-hybridized carbons (Fsp3) is 0.333. The largest absolute Gasteiger partial charge is 0.478 e. The molecule has 3 N–H and O–H groups in total. The molecule has 1 aromatic carbocycles. The normalized spacial score (nSPS) is 15.4. The van der Waals surface area contributed by atoms with Crippen LogP contribution in [0.1, 0.15) is 46.8 Å². The van der Waals surface area contributed by atoms with Crippen LogP contribution in [0, 0.1) is 5.41 Å². The van der Waals surface area contributed by atoms with Gasteiger partial charge in [-0.1, -0.05) is 38.1 Å². The summed E-state index contributed by atoms with van der Waals surface area (Å²) in [5.74, 6) is 4.35. The molecule has 0 atom stereocenters. The molecule has 3 aromatic rings. The Morgan fingerprint density at radius 3 is 2.57 bits per heavy atom. The minimum atomic E-state index is -0.834. The van der Waals surface area contributed by atoms with Crippen LogP contribution in [0.3, 0.4) is 0 Å². The second-order valence-electron chi connectivity index (χ2n) is 7.87. The molecule has 146 valence electrons. The number of nitrogens with two attached hydrogens (primary N) is 1. The number of carboxylic acids is 1. The van der Waals surface area contributed by atoms with Crippen LogP contribution < -0.4 is 5.90 Å². The van der Waals surface area contributed by atoms with Crippen LogP contribution >= 0.6 is 22.7 Å². The molecule has 0 fully saturated rings. The Bertz CT molecular complexity index is 1020. The van der Waals surface area contributed by atoms with Crippen molar-refractivity contribution in [2.24, 2.45) is 11.3 Å². The predicted molar refractivity (Wildman–Crippen MR) is 113 cm³/mol. The molecule has 0 bridgehead atoms. The summed E-state index contributed by atoms with van der Waals surface area (Å²) in [6, 6.07) is 8.02. The van der Waals surface area contributed by atoms with Crippen LogP contribution in [0.4, 0.5) is 0 Å². The standard InChI is InChI=1S/C21H22N2O3S2/c1-21(2)8-7-16-14(9-21)17(20(24)25)19(28-16)13-5-3-12(4-6-13)18-15(10-26-22)23-11-27-18/h3-6,11H,7-10,22H2,1-2H3,(H,24,25). The van der Waals surface area contributed by atoms with E-state index in [1.807, 2.05) is 24.3 Å². The first-order valence-electron chi connectivity index (χ1n) is 9.12. The van der Waals surface area contributed by atoms with E-state index in [9.17, 15) is 9.90 Å². The number of hydrogen-bond acceptors (Lipinski definition) is 6. The number of thiophene rings is 1. The molecule has 5 nitrogen and oxygen atoms in total. The number of hydrogen-bond donors (Lipinski definition) is 2. The zero-order chi connectivity index (χ0) is 19.9. The molecule has 0 spiro atoms. The molecule has 1 aliphatic carbocycles. The summed E-state index contributed by atoms with van der Waals surface area (Å²) in [5.41, 5.74) is 6.20. The smallest absolute Gasteiger partial charge is 0.337 e. The second-order valence-corrected chi connectivity index (χ2v) is 9.83. The maximum Gasteiger partial charge on any atom is 0.337 e. The maximum absolute atomic E-state index is 12.1. The van der Waals surface area contributed by atoms with Crippen molar-refractivity contribution in [2.75, 3.05) is 0 Å². The van der Waals surface area contributed by atoms with Gasteiger partial charge in [-0.05, 0) is 41.4 Å². The Morgan fingerprint density at radius 1 is 1.25 bits per heavy atom. The van der Waals surface area contributed by atoms with E-state index in [1.54, 1.807) is 16.8 Å². The van der Waals surface area contributed by atoms with E-state index in [2.05, 4.69) is 18.8 Å². The second kappa shape index (κ2) is 7.40. The summed E-state index contributed by atoms with van der Waals surface area (Å²) < 4.78 is 0. The SMILES string of the molecule is CC1(C)CCc2sc(-c3ccc(-c4scnc4CON)cc3)c(C(=O)O)c2C1. The van der Waals surface area contributed by atoms with E-state index in [0.29, 0.717) is 5.56 Å². The van der Waals surface area contributed by atoms with Gasteiger partial charge in [0.1, 0.15) is 6.61 Å². The molecule has 1 aliphatic rings. The zero-order valence-corrected chi connectivity index (χ0v) is 17.5. The molecule has 0 unspecified atom stereocenters. The summed E-state index contributed by atoms with van der Waals surface area (Å²) in [6.07, 6.45) is 2.87. The number of carboxylic acid groups (broad SMARTS) is 1. The molecule has 0 saturated heterocycles. The van der Waals surface area contributed by atoms with Gasteiger partial charge in [0.15, 0.2) is 0 Å². The Morgan fingerprint density at radius 2 is 1.93 bits per heavy atom. The highest BCUT2D eigenvalue weighted by Crippen LogP contribution is 2.45. The Kier molecular flexibility index (Phi) is 5.09. The lowest BCUT2D eigenvalue weighted by atomic mass is 9.76. The van der Waals surface area contributed by atoms with Crippen molar-refractivity contribution in [3.05, 3.63) is 51.5 Å². The lowest BCUT2D eigenvalue weighted by molar-refractivity contribution is 0.0696. The van der Waals surface area contributed by atoms with E-state index in [4.69, 9.17) is 10.7 Å². The van der Waals surface area contributed by atoms with Gasteiger partial charge in [0.25, 0.3) is 0 Å². The molecular weight excluding hydrogens is 392 g/mol. The predicted octanol–water partition coefficient (Wildman–Crippen LogP) is 5.14. The minimum Gasteiger partial charge on any atom is -0.478 e. The summed E-state index contributed by atoms with van der Waals surface area (Å²) in [7, 11) is 0.